The van der Waals surface area contributed by atoms with Gasteiger partial charge in [0, 0.05) is 70.1 Å². The van der Waals surface area contributed by atoms with Gasteiger partial charge >= 0.3 is 0 Å². The molecule has 2 aliphatic rings. The largest absolute Gasteiger partial charge is 0.355 e. The van der Waals surface area contributed by atoms with E-state index in [1.54, 1.807) is 6.92 Å². The number of nitrogens with one attached hydrogen (secondary N) is 2. The van der Waals surface area contributed by atoms with Crippen molar-refractivity contribution in [2.24, 2.45) is 0 Å². The van der Waals surface area contributed by atoms with Crippen LogP contribution in [0.5, 0.6) is 0 Å². The van der Waals surface area contributed by atoms with E-state index in [1.807, 2.05) is 12.1 Å². The summed E-state index contributed by atoms with van der Waals surface area (Å²) in [5.74, 6) is 0. The molecule has 0 unspecified atom stereocenters. The minimum atomic E-state index is -0.0628. The van der Waals surface area contributed by atoms with Gasteiger partial charge in [0.25, 0.3) is 0 Å². The molecule has 2 aliphatic heterocycles. The van der Waals surface area contributed by atoms with Crippen LogP contribution in [0.25, 0.3) is 79.8 Å². The molecule has 0 amide bonds. The zero-order valence-electron chi connectivity index (χ0n) is 39.4. The number of H-pyrrole nitrogens is 2. The summed E-state index contributed by atoms with van der Waals surface area (Å²) in [7, 11) is 0. The smallest absolute Gasteiger partial charge is 0.190 e. The Morgan fingerprint density at radius 3 is 1.30 bits per heavy atom. The predicted octanol–water partition coefficient (Wildman–Crippen LogP) is 15.5. The third-order valence-electron chi connectivity index (χ3n) is 11.9. The summed E-state index contributed by atoms with van der Waals surface area (Å²) >= 11 is 1.24. The van der Waals surface area contributed by atoms with Crippen LogP contribution in [0.3, 0.4) is 0 Å². The Kier molecular flexibility index (Phi) is 12.2. The van der Waals surface area contributed by atoms with Crippen molar-refractivity contribution >= 4 is 63.2 Å². The second kappa shape index (κ2) is 16.8. The van der Waals surface area contributed by atoms with Crippen LogP contribution in [0.2, 0.25) is 0 Å². The summed E-state index contributed by atoms with van der Waals surface area (Å²) in [6.07, 6.45) is 8.57. The van der Waals surface area contributed by atoms with Crippen LogP contribution in [-0.4, -0.2) is 25.1 Å². The number of aromatic nitrogens is 4. The number of carbonyl (C=O) groups is 1. The van der Waals surface area contributed by atoms with Crippen molar-refractivity contribution in [3.63, 3.8) is 0 Å². The fourth-order valence-corrected chi connectivity index (χ4v) is 8.79. The number of hydrogen-bond acceptors (Lipinski definition) is 4. The minimum Gasteiger partial charge on any atom is -0.355 e. The van der Waals surface area contributed by atoms with Gasteiger partial charge in [0.2, 0.25) is 0 Å². The van der Waals surface area contributed by atoms with E-state index in [9.17, 15) is 4.79 Å². The van der Waals surface area contributed by atoms with Crippen LogP contribution in [0.15, 0.2) is 95.9 Å². The molecule has 5 heterocycles. The third kappa shape index (κ3) is 9.71. The average molecular weight is 903 g/mol. The molecule has 3 aromatic heterocycles. The number of carbonyl (C=O) groups excluding carboxylic acids is 1. The summed E-state index contributed by atoms with van der Waals surface area (Å²) in [5.41, 5.74) is 18.5. The molecule has 5 nitrogen and oxygen atoms in total. The van der Waals surface area contributed by atoms with Crippen LogP contribution >= 0.6 is 11.8 Å². The molecule has 0 saturated heterocycles. The van der Waals surface area contributed by atoms with Crippen molar-refractivity contribution in [3.05, 3.63) is 136 Å². The number of rotatable bonds is 4. The van der Waals surface area contributed by atoms with E-state index in [1.165, 1.54) is 34.0 Å². The molecule has 8 rings (SSSR count). The van der Waals surface area contributed by atoms with Crippen molar-refractivity contribution in [1.82, 2.24) is 19.9 Å². The summed E-state index contributed by atoms with van der Waals surface area (Å²) in [6, 6.07) is 33.2. The van der Waals surface area contributed by atoms with Crippen LogP contribution in [0, 0.1) is 0 Å². The summed E-state index contributed by atoms with van der Waals surface area (Å²) in [4.78, 5) is 31.6. The van der Waals surface area contributed by atoms with Crippen molar-refractivity contribution in [2.75, 3.05) is 0 Å². The van der Waals surface area contributed by atoms with Crippen molar-refractivity contribution in [1.29, 1.82) is 0 Å². The third-order valence-corrected chi connectivity index (χ3v) is 12.7. The van der Waals surface area contributed by atoms with Crippen molar-refractivity contribution < 1.29 is 24.3 Å². The Morgan fingerprint density at radius 1 is 0.460 bits per heavy atom. The molecule has 8 bridgehead atoms. The van der Waals surface area contributed by atoms with E-state index >= 15 is 0 Å². The van der Waals surface area contributed by atoms with E-state index < -0.39 is 0 Å². The fraction of sp³-hybridized carbons (Fsp3) is 0.304. The summed E-state index contributed by atoms with van der Waals surface area (Å²) in [5, 5.41) is 0.0576. The van der Waals surface area contributed by atoms with Gasteiger partial charge in [0.15, 0.2) is 5.12 Å². The zero-order chi connectivity index (χ0) is 44.5. The first-order chi connectivity index (χ1) is 29.0. The topological polar surface area (TPSA) is 74.4 Å². The SMILES string of the molecule is CC(=O)Sc1ccc(-c2c3nc(c(-c4cc(C(C)(C)C)cc(C(C)(C)C)c4)c4ccc(cc5nc(c(-c6cc(C(C)(C)C)cc(C(C)(C)C)c6)c6ccc2[nH]6)C=C5)[nH]4)C=C3)cc1.[Zn]. The minimum absolute atomic E-state index is 0. The van der Waals surface area contributed by atoms with Crippen molar-refractivity contribution in [2.45, 2.75) is 117 Å². The Morgan fingerprint density at radius 2 is 0.857 bits per heavy atom. The standard InChI is InChI=1S/C56H60N4OS.Zn/c1-33(61)62-43-18-14-34(15-19-43)50-46-22-24-48(59-46)51(35-26-37(53(2,3)4)30-38(27-35)54(5,6)7)44-20-16-41(57-44)32-42-17-21-45(58-42)52(49-25-23-47(50)60-49)36-28-39(55(8,9)10)31-40(29-36)56(11,12)13;/h14-32,57,60H,1-13H3;. The van der Waals surface area contributed by atoms with Gasteiger partial charge in [-0.15, -0.1) is 0 Å². The Labute approximate surface area is 391 Å². The maximum absolute atomic E-state index is 12.1. The van der Waals surface area contributed by atoms with Gasteiger partial charge in [-0.3, -0.25) is 4.79 Å². The molecule has 0 aliphatic carbocycles. The fourth-order valence-electron chi connectivity index (χ4n) is 8.18. The second-order valence-corrected chi connectivity index (χ2v) is 22.3. The molecule has 63 heavy (non-hydrogen) atoms. The Bertz CT molecular complexity index is 2850. The molecule has 0 fully saturated rings. The quantitative estimate of drug-likeness (QED) is 0.136. The Hall–Kier alpha value is -5.10. The number of aromatic amines is 2. The van der Waals surface area contributed by atoms with E-state index in [4.69, 9.17) is 9.97 Å². The van der Waals surface area contributed by atoms with E-state index in [0.717, 1.165) is 83.1 Å². The van der Waals surface area contributed by atoms with Gasteiger partial charge < -0.3 is 9.97 Å². The van der Waals surface area contributed by atoms with Gasteiger partial charge in [-0.05, 0) is 127 Å². The zero-order valence-corrected chi connectivity index (χ0v) is 43.2. The van der Waals surface area contributed by atoms with Crippen LogP contribution in [0.1, 0.15) is 135 Å². The first kappa shape index (κ1) is 45.9. The van der Waals surface area contributed by atoms with Crippen LogP contribution in [-0.2, 0) is 45.9 Å². The van der Waals surface area contributed by atoms with E-state index in [-0.39, 0.29) is 46.3 Å². The van der Waals surface area contributed by atoms with Crippen LogP contribution < -0.4 is 0 Å². The van der Waals surface area contributed by atoms with E-state index in [0.29, 0.717) is 0 Å². The number of fused-ring (bicyclic) bond motifs is 8. The average Bonchev–Trinajstić information content (AvgIpc) is 4.01. The second-order valence-electron chi connectivity index (χ2n) is 21.1. The molecule has 2 N–H and O–H groups in total. The van der Waals surface area contributed by atoms with Gasteiger partial charge in [-0.1, -0.05) is 143 Å². The number of hydrogen-bond donors (Lipinski definition) is 2. The maximum Gasteiger partial charge on any atom is 0.190 e. The summed E-state index contributed by atoms with van der Waals surface area (Å²) < 4.78 is 0. The first-order valence-electron chi connectivity index (χ1n) is 21.8. The molecule has 0 radical (unpaired) electrons. The first-order valence-corrected chi connectivity index (χ1v) is 22.6. The number of nitrogens with zero attached hydrogens (tertiary/aromatic N) is 2. The van der Waals surface area contributed by atoms with E-state index in [2.05, 4.69) is 196 Å². The molecule has 0 spiro atoms. The van der Waals surface area contributed by atoms with Crippen LogP contribution in [0.4, 0.5) is 0 Å². The maximum atomic E-state index is 12.1. The molecule has 0 saturated carbocycles. The van der Waals surface area contributed by atoms with Gasteiger partial charge in [0.05, 0.1) is 22.8 Å². The molecule has 6 aromatic rings. The number of thioether (sulfide) groups is 1. The summed E-state index contributed by atoms with van der Waals surface area (Å²) in [6.45, 7) is 29.0. The molecule has 318 valence electrons. The molecule has 0 atom stereocenters. The van der Waals surface area contributed by atoms with Gasteiger partial charge in [-0.2, -0.15) is 0 Å². The van der Waals surface area contributed by atoms with Gasteiger partial charge in [0.1, 0.15) is 0 Å². The molecule has 7 heteroatoms. The van der Waals surface area contributed by atoms with Gasteiger partial charge in [-0.25, -0.2) is 9.97 Å². The Balaban J connectivity index is 0.00000595. The van der Waals surface area contributed by atoms with Crippen molar-refractivity contribution in [3.8, 4) is 33.4 Å². The normalized spacial score (nSPS) is 13.0. The predicted molar refractivity (Wildman–Crippen MR) is 267 cm³/mol. The number of benzene rings is 3. The molecular weight excluding hydrogens is 842 g/mol. The molecule has 3 aromatic carbocycles. The monoisotopic (exact) mass is 900 g/mol. The molecular formula is C56H60N4OSZn.